The number of likely N-dealkylation sites (tertiary alicyclic amines) is 1. The summed E-state index contributed by atoms with van der Waals surface area (Å²) in [5.41, 5.74) is 5.82. The number of amides is 2. The minimum Gasteiger partial charge on any atom is -0.448 e. The first kappa shape index (κ1) is 36.9. The summed E-state index contributed by atoms with van der Waals surface area (Å²) in [5, 5.41) is 0.414. The summed E-state index contributed by atoms with van der Waals surface area (Å²) in [6.07, 6.45) is -0.288. The molecule has 276 valence electrons. The number of hydrogen-bond donors (Lipinski definition) is 0. The van der Waals surface area contributed by atoms with Crippen molar-refractivity contribution in [1.29, 1.82) is 0 Å². The molecule has 2 aliphatic rings. The largest absolute Gasteiger partial charge is 0.448 e. The molecule has 8 heteroatoms. The number of likely N-dealkylation sites (N-methyl/N-ethyl adjacent to an activating group) is 1. The van der Waals surface area contributed by atoms with E-state index in [9.17, 15) is 14.4 Å². The summed E-state index contributed by atoms with van der Waals surface area (Å²) < 4.78 is 12.7. The van der Waals surface area contributed by atoms with Crippen LogP contribution in [0.1, 0.15) is 66.0 Å². The lowest BCUT2D eigenvalue weighted by atomic mass is 9.79. The normalized spacial score (nSPS) is 16.1. The Kier molecular flexibility index (Phi) is 10.4. The van der Waals surface area contributed by atoms with Gasteiger partial charge in [0.15, 0.2) is 5.60 Å². The van der Waals surface area contributed by atoms with Crippen molar-refractivity contribution >= 4 is 29.6 Å². The van der Waals surface area contributed by atoms with E-state index in [2.05, 4.69) is 38.1 Å². The third-order valence-electron chi connectivity index (χ3n) is 10.9. The first-order chi connectivity index (χ1) is 26.0. The molecule has 0 saturated carbocycles. The number of benzene rings is 5. The maximum Gasteiger partial charge on any atom is 0.410 e. The lowest BCUT2D eigenvalue weighted by molar-refractivity contribution is -0.157. The highest BCUT2D eigenvalue weighted by atomic mass is 35.5. The van der Waals surface area contributed by atoms with Crippen LogP contribution in [0.5, 0.6) is 0 Å². The van der Waals surface area contributed by atoms with Gasteiger partial charge in [0.2, 0.25) is 5.91 Å². The van der Waals surface area contributed by atoms with E-state index in [1.54, 1.807) is 11.0 Å². The van der Waals surface area contributed by atoms with E-state index in [4.69, 9.17) is 21.1 Å². The van der Waals surface area contributed by atoms with Gasteiger partial charge in [-0.3, -0.25) is 14.5 Å². The van der Waals surface area contributed by atoms with Crippen LogP contribution in [0.3, 0.4) is 0 Å². The molecular weight excluding hydrogens is 696 g/mol. The van der Waals surface area contributed by atoms with Crippen molar-refractivity contribution in [2.45, 2.75) is 51.2 Å². The van der Waals surface area contributed by atoms with E-state index in [0.717, 1.165) is 34.2 Å². The standard InChI is InChI=1S/C46H45ClN2O5/c1-31-22-24-33(25-23-31)46(32-14-6-5-7-15-32,39-20-12-13-21-40(39)47)54-42(50)28-41(43(51)49-27-26-45(2,3)30-49)48(4)44(52)53-29-38-36-18-10-8-16-34(36)35-17-9-11-19-37(35)38/h5-25,38,41H,26-30H2,1-4H3/t41-,46?/m0/s1. The molecule has 7 rings (SSSR count). The highest BCUT2D eigenvalue weighted by Gasteiger charge is 2.45. The van der Waals surface area contributed by atoms with E-state index in [1.165, 1.54) is 11.9 Å². The maximum absolute atomic E-state index is 14.6. The Bertz CT molecular complexity index is 2120. The predicted molar refractivity (Wildman–Crippen MR) is 211 cm³/mol. The molecule has 1 fully saturated rings. The van der Waals surface area contributed by atoms with Crippen molar-refractivity contribution in [3.63, 3.8) is 0 Å². The molecule has 0 aromatic heterocycles. The lowest BCUT2D eigenvalue weighted by Gasteiger charge is -2.37. The van der Waals surface area contributed by atoms with Crippen LogP contribution in [0.2, 0.25) is 5.02 Å². The van der Waals surface area contributed by atoms with Gasteiger partial charge in [-0.15, -0.1) is 0 Å². The molecule has 0 radical (unpaired) electrons. The second-order valence-corrected chi connectivity index (χ2v) is 15.6. The minimum atomic E-state index is -1.46. The number of carbonyl (C=O) groups is 3. The molecule has 7 nitrogen and oxygen atoms in total. The maximum atomic E-state index is 14.6. The van der Waals surface area contributed by atoms with Gasteiger partial charge in [0, 0.05) is 47.8 Å². The molecule has 5 aromatic rings. The molecule has 1 aliphatic heterocycles. The van der Waals surface area contributed by atoms with Crippen LogP contribution in [-0.2, 0) is 24.7 Å². The number of hydrogen-bond acceptors (Lipinski definition) is 5. The first-order valence-corrected chi connectivity index (χ1v) is 18.8. The molecule has 0 spiro atoms. The van der Waals surface area contributed by atoms with Gasteiger partial charge in [-0.25, -0.2) is 4.79 Å². The van der Waals surface area contributed by atoms with Gasteiger partial charge < -0.3 is 14.4 Å². The average molecular weight is 741 g/mol. The Balaban J connectivity index is 1.21. The minimum absolute atomic E-state index is 0.0797. The van der Waals surface area contributed by atoms with Gasteiger partial charge in [0.25, 0.3) is 0 Å². The predicted octanol–water partition coefficient (Wildman–Crippen LogP) is 9.38. The first-order valence-electron chi connectivity index (χ1n) is 18.4. The number of nitrogens with zero attached hydrogens (tertiary/aromatic N) is 2. The summed E-state index contributed by atoms with van der Waals surface area (Å²) >= 11 is 6.91. The van der Waals surface area contributed by atoms with Gasteiger partial charge in [-0.2, -0.15) is 0 Å². The summed E-state index contributed by atoms with van der Waals surface area (Å²) in [4.78, 5) is 46.0. The smallest absolute Gasteiger partial charge is 0.410 e. The van der Waals surface area contributed by atoms with Crippen LogP contribution in [-0.4, -0.2) is 60.6 Å². The number of fused-ring (bicyclic) bond motifs is 3. The summed E-state index contributed by atoms with van der Waals surface area (Å²) in [7, 11) is 1.52. The highest BCUT2D eigenvalue weighted by Crippen LogP contribution is 2.46. The van der Waals surface area contributed by atoms with Crippen molar-refractivity contribution in [3.8, 4) is 11.1 Å². The topological polar surface area (TPSA) is 76.2 Å². The summed E-state index contributed by atoms with van der Waals surface area (Å²) in [6.45, 7) is 7.32. The van der Waals surface area contributed by atoms with Crippen LogP contribution in [0.25, 0.3) is 11.1 Å². The third kappa shape index (κ3) is 7.13. The number of halogens is 1. The Morgan fingerprint density at radius 1 is 0.815 bits per heavy atom. The van der Waals surface area contributed by atoms with Crippen molar-refractivity contribution < 1.29 is 23.9 Å². The van der Waals surface area contributed by atoms with Gasteiger partial charge in [-0.1, -0.05) is 152 Å². The zero-order chi connectivity index (χ0) is 38.0. The molecule has 0 bridgehead atoms. The van der Waals surface area contributed by atoms with Gasteiger partial charge in [0.05, 0.1) is 6.42 Å². The number of ether oxygens (including phenoxy) is 2. The zero-order valence-corrected chi connectivity index (χ0v) is 31.9. The van der Waals surface area contributed by atoms with Crippen LogP contribution in [0.4, 0.5) is 4.79 Å². The van der Waals surface area contributed by atoms with Gasteiger partial charge >= 0.3 is 12.1 Å². The number of carbonyl (C=O) groups excluding carboxylic acids is 3. The molecule has 54 heavy (non-hydrogen) atoms. The number of aryl methyl sites for hydroxylation is 1. The van der Waals surface area contributed by atoms with Gasteiger partial charge in [0.1, 0.15) is 12.6 Å². The lowest BCUT2D eigenvalue weighted by Crippen LogP contribution is -2.51. The Morgan fingerprint density at radius 3 is 2.00 bits per heavy atom. The molecule has 1 heterocycles. The molecule has 1 unspecified atom stereocenters. The number of esters is 1. The Morgan fingerprint density at radius 2 is 1.39 bits per heavy atom. The van der Waals surface area contributed by atoms with Gasteiger partial charge in [-0.05, 0) is 47.1 Å². The van der Waals surface area contributed by atoms with E-state index in [0.29, 0.717) is 34.8 Å². The molecule has 0 N–H and O–H groups in total. The Hall–Kier alpha value is -5.40. The van der Waals surface area contributed by atoms with Crippen LogP contribution < -0.4 is 0 Å². The van der Waals surface area contributed by atoms with Crippen LogP contribution in [0, 0.1) is 12.3 Å². The summed E-state index contributed by atoms with van der Waals surface area (Å²) in [6, 6.07) is 39.6. The Labute approximate surface area is 322 Å². The molecule has 1 saturated heterocycles. The van der Waals surface area contributed by atoms with Crippen molar-refractivity contribution in [2.24, 2.45) is 5.41 Å². The van der Waals surface area contributed by atoms with Crippen LogP contribution >= 0.6 is 11.6 Å². The fourth-order valence-electron chi connectivity index (χ4n) is 7.95. The average Bonchev–Trinajstić information content (AvgIpc) is 3.72. The second-order valence-electron chi connectivity index (χ2n) is 15.2. The monoisotopic (exact) mass is 740 g/mol. The zero-order valence-electron chi connectivity index (χ0n) is 31.1. The van der Waals surface area contributed by atoms with Crippen molar-refractivity contribution in [1.82, 2.24) is 9.80 Å². The quantitative estimate of drug-likeness (QED) is 0.105. The fraction of sp³-hybridized carbons (Fsp3) is 0.283. The third-order valence-corrected chi connectivity index (χ3v) is 11.2. The molecule has 2 amide bonds. The molecule has 2 atom stereocenters. The van der Waals surface area contributed by atoms with Crippen molar-refractivity contribution in [2.75, 3.05) is 26.7 Å². The van der Waals surface area contributed by atoms with E-state index < -0.39 is 30.1 Å². The SMILES string of the molecule is Cc1ccc(C(OC(=O)C[C@@H](C(=O)N2CCC(C)(C)C2)N(C)C(=O)OCC2c3ccccc3-c3ccccc32)(c2ccccc2)c2ccccc2Cl)cc1. The van der Waals surface area contributed by atoms with Crippen LogP contribution in [0.15, 0.2) is 127 Å². The highest BCUT2D eigenvalue weighted by molar-refractivity contribution is 6.31. The van der Waals surface area contributed by atoms with E-state index in [-0.39, 0.29) is 23.8 Å². The molecule has 1 aliphatic carbocycles. The van der Waals surface area contributed by atoms with E-state index in [1.807, 2.05) is 104 Å². The number of rotatable bonds is 10. The summed E-state index contributed by atoms with van der Waals surface area (Å²) in [5.74, 6) is -1.16. The second kappa shape index (κ2) is 15.2. The molecule has 5 aromatic carbocycles. The van der Waals surface area contributed by atoms with E-state index >= 15 is 0 Å². The molecular formula is C46H45ClN2O5. The van der Waals surface area contributed by atoms with Crippen molar-refractivity contribution in [3.05, 3.63) is 166 Å². The fourth-order valence-corrected chi connectivity index (χ4v) is 8.22.